The fourth-order valence-corrected chi connectivity index (χ4v) is 2.19. The van der Waals surface area contributed by atoms with E-state index in [0.29, 0.717) is 5.88 Å². The van der Waals surface area contributed by atoms with Crippen molar-refractivity contribution >= 4 is 11.6 Å². The van der Waals surface area contributed by atoms with Crippen LogP contribution in [0.1, 0.15) is 38.8 Å². The topological polar surface area (TPSA) is 17.8 Å². The van der Waals surface area contributed by atoms with E-state index in [9.17, 15) is 0 Å². The summed E-state index contributed by atoms with van der Waals surface area (Å²) in [6.45, 7) is 8.58. The Morgan fingerprint density at radius 2 is 1.79 bits per heavy atom. The Balaban J connectivity index is 2.45. The minimum atomic E-state index is -0.0254. The third-order valence-electron chi connectivity index (χ3n) is 3.26. The van der Waals surface area contributed by atoms with Crippen molar-refractivity contribution in [1.82, 2.24) is 9.78 Å². The van der Waals surface area contributed by atoms with E-state index in [1.807, 2.05) is 4.68 Å². The average molecular weight is 277 g/mol. The molecule has 3 heteroatoms. The summed E-state index contributed by atoms with van der Waals surface area (Å²) in [5.41, 5.74) is 4.53. The summed E-state index contributed by atoms with van der Waals surface area (Å²) in [4.78, 5) is 0. The van der Waals surface area contributed by atoms with E-state index in [-0.39, 0.29) is 5.54 Å². The van der Waals surface area contributed by atoms with Crippen molar-refractivity contribution in [2.75, 3.05) is 0 Å². The van der Waals surface area contributed by atoms with Crippen molar-refractivity contribution in [3.63, 3.8) is 0 Å². The van der Waals surface area contributed by atoms with Gasteiger partial charge in [0, 0.05) is 17.3 Å². The predicted molar refractivity (Wildman–Crippen MR) is 81.6 cm³/mol. The maximum absolute atomic E-state index is 6.05. The molecule has 102 valence electrons. The molecule has 0 bridgehead atoms. The minimum absolute atomic E-state index is 0.0254. The monoisotopic (exact) mass is 276 g/mol. The molecule has 0 saturated carbocycles. The van der Waals surface area contributed by atoms with Gasteiger partial charge in [0.15, 0.2) is 0 Å². The number of aryl methyl sites for hydroxylation is 1. The van der Waals surface area contributed by atoms with Gasteiger partial charge >= 0.3 is 0 Å². The maximum atomic E-state index is 6.05. The molecule has 0 atom stereocenters. The highest BCUT2D eigenvalue weighted by atomic mass is 35.5. The molecule has 0 aliphatic rings. The van der Waals surface area contributed by atoms with Gasteiger partial charge in [-0.3, -0.25) is 4.68 Å². The lowest BCUT2D eigenvalue weighted by Crippen LogP contribution is -2.22. The third-order valence-corrected chi connectivity index (χ3v) is 3.54. The molecule has 0 amide bonds. The number of hydrogen-bond acceptors (Lipinski definition) is 1. The van der Waals surface area contributed by atoms with E-state index in [2.05, 4.69) is 58.2 Å². The highest BCUT2D eigenvalue weighted by Crippen LogP contribution is 2.26. The van der Waals surface area contributed by atoms with Crippen LogP contribution < -0.4 is 0 Å². The highest BCUT2D eigenvalue weighted by Gasteiger charge is 2.18. The number of aromatic nitrogens is 2. The van der Waals surface area contributed by atoms with Crippen LogP contribution in [0.2, 0.25) is 0 Å². The lowest BCUT2D eigenvalue weighted by molar-refractivity contribution is 0.356. The number of rotatable bonds is 3. The summed E-state index contributed by atoms with van der Waals surface area (Å²) in [5.74, 6) is 0.487. The van der Waals surface area contributed by atoms with Gasteiger partial charge in [-0.05, 0) is 32.8 Å². The Morgan fingerprint density at radius 1 is 1.16 bits per heavy atom. The van der Waals surface area contributed by atoms with Crippen LogP contribution in [0, 0.1) is 0 Å². The van der Waals surface area contributed by atoms with Crippen molar-refractivity contribution in [2.45, 2.75) is 45.5 Å². The molecule has 0 aliphatic carbocycles. The molecule has 0 aliphatic heterocycles. The van der Waals surface area contributed by atoms with Crippen molar-refractivity contribution < 1.29 is 0 Å². The van der Waals surface area contributed by atoms with Gasteiger partial charge in [0.1, 0.15) is 0 Å². The fourth-order valence-electron chi connectivity index (χ4n) is 1.99. The van der Waals surface area contributed by atoms with Gasteiger partial charge in [0.25, 0.3) is 0 Å². The first-order valence-electron chi connectivity index (χ1n) is 6.70. The second-order valence-electron chi connectivity index (χ2n) is 5.80. The molecule has 1 heterocycles. The molecule has 2 nitrogen and oxygen atoms in total. The molecule has 0 N–H and O–H groups in total. The van der Waals surface area contributed by atoms with Crippen molar-refractivity contribution in [3.8, 4) is 11.3 Å². The number of benzene rings is 1. The Kier molecular flexibility index (Phi) is 4.00. The quantitative estimate of drug-likeness (QED) is 0.749. The zero-order valence-corrected chi connectivity index (χ0v) is 12.8. The van der Waals surface area contributed by atoms with Crippen LogP contribution in [0.4, 0.5) is 0 Å². The molecule has 2 rings (SSSR count). The molecular formula is C16H21ClN2. The molecule has 1 aromatic heterocycles. The van der Waals surface area contributed by atoms with Gasteiger partial charge in [-0.1, -0.05) is 31.2 Å². The van der Waals surface area contributed by atoms with Crippen molar-refractivity contribution in [3.05, 3.63) is 41.6 Å². The summed E-state index contributed by atoms with van der Waals surface area (Å²) in [7, 11) is 0. The number of alkyl halides is 1. The molecule has 19 heavy (non-hydrogen) atoms. The van der Waals surface area contributed by atoms with Crippen LogP contribution in [0.25, 0.3) is 11.3 Å². The summed E-state index contributed by atoms with van der Waals surface area (Å²) in [6.07, 6.45) is 3.11. The number of halogens is 1. The van der Waals surface area contributed by atoms with Crippen molar-refractivity contribution in [1.29, 1.82) is 0 Å². The summed E-state index contributed by atoms with van der Waals surface area (Å²) in [6, 6.07) is 8.57. The third kappa shape index (κ3) is 3.01. The Bertz CT molecular complexity index is 547. The Morgan fingerprint density at radius 3 is 2.26 bits per heavy atom. The second kappa shape index (κ2) is 5.38. The van der Waals surface area contributed by atoms with E-state index < -0.39 is 0 Å². The van der Waals surface area contributed by atoms with Gasteiger partial charge in [-0.25, -0.2) is 0 Å². The predicted octanol–water partition coefficient (Wildman–Crippen LogP) is 4.61. The van der Waals surface area contributed by atoms with Crippen LogP contribution in [-0.2, 0) is 17.8 Å². The minimum Gasteiger partial charge on any atom is -0.267 e. The molecule has 0 fully saturated rings. The first kappa shape index (κ1) is 14.1. The van der Waals surface area contributed by atoms with E-state index in [0.717, 1.165) is 23.2 Å². The Labute approximate surface area is 120 Å². The lowest BCUT2D eigenvalue weighted by atomic mass is 10.1. The highest BCUT2D eigenvalue weighted by molar-refractivity contribution is 6.17. The zero-order chi connectivity index (χ0) is 14.0. The normalized spacial score (nSPS) is 11.8. The van der Waals surface area contributed by atoms with E-state index >= 15 is 0 Å². The van der Waals surface area contributed by atoms with E-state index in [1.165, 1.54) is 5.56 Å². The first-order valence-corrected chi connectivity index (χ1v) is 7.23. The van der Waals surface area contributed by atoms with Crippen LogP contribution in [0.5, 0.6) is 0 Å². The van der Waals surface area contributed by atoms with Crippen LogP contribution in [0.3, 0.4) is 0 Å². The summed E-state index contributed by atoms with van der Waals surface area (Å²) in [5, 5.41) is 4.71. The van der Waals surface area contributed by atoms with Gasteiger partial charge in [-0.15, -0.1) is 11.6 Å². The molecule has 2 aromatic rings. The first-order chi connectivity index (χ1) is 8.95. The van der Waals surface area contributed by atoms with Gasteiger partial charge in [0.2, 0.25) is 0 Å². The number of hydrogen-bond donors (Lipinski definition) is 0. The summed E-state index contributed by atoms with van der Waals surface area (Å²) < 4.78 is 1.99. The molecular weight excluding hydrogens is 256 g/mol. The SMILES string of the molecule is CCc1ccc(-c2nn(C(C)(C)C)cc2CCl)cc1. The molecule has 0 unspecified atom stereocenters. The molecule has 0 radical (unpaired) electrons. The van der Waals surface area contributed by atoms with Gasteiger partial charge in [0.05, 0.1) is 17.1 Å². The lowest BCUT2D eigenvalue weighted by Gasteiger charge is -2.18. The van der Waals surface area contributed by atoms with E-state index in [1.54, 1.807) is 0 Å². The summed E-state index contributed by atoms with van der Waals surface area (Å²) >= 11 is 6.05. The van der Waals surface area contributed by atoms with E-state index in [4.69, 9.17) is 16.7 Å². The van der Waals surface area contributed by atoms with Gasteiger partial charge in [-0.2, -0.15) is 5.10 Å². The largest absolute Gasteiger partial charge is 0.267 e. The molecule has 0 saturated heterocycles. The van der Waals surface area contributed by atoms with Crippen LogP contribution in [-0.4, -0.2) is 9.78 Å². The zero-order valence-electron chi connectivity index (χ0n) is 12.1. The van der Waals surface area contributed by atoms with Crippen LogP contribution in [0.15, 0.2) is 30.5 Å². The second-order valence-corrected chi connectivity index (χ2v) is 6.07. The molecule has 1 aromatic carbocycles. The van der Waals surface area contributed by atoms with Gasteiger partial charge < -0.3 is 0 Å². The van der Waals surface area contributed by atoms with Crippen LogP contribution >= 0.6 is 11.6 Å². The number of nitrogens with zero attached hydrogens (tertiary/aromatic N) is 2. The maximum Gasteiger partial charge on any atom is 0.0967 e. The fraction of sp³-hybridized carbons (Fsp3) is 0.438. The Hall–Kier alpha value is -1.28. The molecule has 0 spiro atoms. The average Bonchev–Trinajstić information content (AvgIpc) is 2.83. The van der Waals surface area contributed by atoms with Crippen molar-refractivity contribution in [2.24, 2.45) is 0 Å². The standard InChI is InChI=1S/C16H21ClN2/c1-5-12-6-8-13(9-7-12)15-14(10-17)11-19(18-15)16(2,3)4/h6-9,11H,5,10H2,1-4H3. The smallest absolute Gasteiger partial charge is 0.0967 e.